The number of hydrogen-bond acceptors (Lipinski definition) is 2. The Labute approximate surface area is 79.3 Å². The van der Waals surface area contributed by atoms with Crippen molar-refractivity contribution in [1.82, 2.24) is 20.4 Å². The van der Waals surface area contributed by atoms with Crippen molar-refractivity contribution in [3.63, 3.8) is 0 Å². The summed E-state index contributed by atoms with van der Waals surface area (Å²) in [5.41, 5.74) is 1.86. The molecular weight excluding hydrogens is 176 g/mol. The van der Waals surface area contributed by atoms with Gasteiger partial charge < -0.3 is 0 Å². The zero-order valence-corrected chi connectivity index (χ0v) is 7.41. The van der Waals surface area contributed by atoms with Crippen LogP contribution in [0.1, 0.15) is 0 Å². The van der Waals surface area contributed by atoms with Crippen molar-refractivity contribution in [3.8, 4) is 0 Å². The molecule has 3 aromatic rings. The molecule has 2 heterocycles. The van der Waals surface area contributed by atoms with E-state index in [0.29, 0.717) is 0 Å². The van der Waals surface area contributed by atoms with Crippen molar-refractivity contribution in [2.45, 2.75) is 0 Å². The van der Waals surface area contributed by atoms with Gasteiger partial charge in [0.2, 0.25) is 0 Å². The lowest BCUT2D eigenvalue weighted by atomic mass is 10.1. The molecule has 0 spiro atoms. The summed E-state index contributed by atoms with van der Waals surface area (Å²) in [4.78, 5) is 0. The standard InChI is InChI=1S/C10H8N4/c1-6-7-3-2-4-8-10(7)9(14-13-8)5-11-12-6/h2-5,12H,1H2,(H,13,14). The van der Waals surface area contributed by atoms with Gasteiger partial charge in [0.15, 0.2) is 0 Å². The first-order chi connectivity index (χ1) is 6.86. The van der Waals surface area contributed by atoms with E-state index < -0.39 is 0 Å². The van der Waals surface area contributed by atoms with Crippen molar-refractivity contribution < 1.29 is 0 Å². The predicted octanol–water partition coefficient (Wildman–Crippen LogP) is 1.13. The Morgan fingerprint density at radius 1 is 1.21 bits per heavy atom. The summed E-state index contributed by atoms with van der Waals surface area (Å²) < 4.78 is 0. The first kappa shape index (κ1) is 7.32. The number of aromatic nitrogens is 4. The Balaban J connectivity index is 2.82. The third-order valence-electron chi connectivity index (χ3n) is 2.33. The van der Waals surface area contributed by atoms with Crippen LogP contribution in [0.5, 0.6) is 0 Å². The lowest BCUT2D eigenvalue weighted by molar-refractivity contribution is 1.02. The molecule has 3 rings (SSSR count). The largest absolute Gasteiger partial charge is 0.278 e. The van der Waals surface area contributed by atoms with Crippen LogP contribution in [-0.2, 0) is 0 Å². The molecule has 0 saturated carbocycles. The van der Waals surface area contributed by atoms with E-state index >= 15 is 0 Å². The molecule has 2 N–H and O–H groups in total. The minimum Gasteiger partial charge on any atom is -0.278 e. The van der Waals surface area contributed by atoms with Gasteiger partial charge in [-0.3, -0.25) is 10.2 Å². The Morgan fingerprint density at radius 2 is 2.14 bits per heavy atom. The number of nitrogens with zero attached hydrogens (tertiary/aromatic N) is 2. The zero-order chi connectivity index (χ0) is 9.54. The van der Waals surface area contributed by atoms with Crippen LogP contribution in [0, 0.1) is 0 Å². The fourth-order valence-electron chi connectivity index (χ4n) is 1.67. The summed E-state index contributed by atoms with van der Waals surface area (Å²) >= 11 is 0. The topological polar surface area (TPSA) is 57.4 Å². The highest BCUT2D eigenvalue weighted by molar-refractivity contribution is 6.06. The van der Waals surface area contributed by atoms with E-state index in [1.54, 1.807) is 6.20 Å². The van der Waals surface area contributed by atoms with E-state index in [2.05, 4.69) is 27.0 Å². The number of benzene rings is 1. The molecule has 0 bridgehead atoms. The summed E-state index contributed by atoms with van der Waals surface area (Å²) in [7, 11) is 0. The number of rotatable bonds is 0. The molecule has 14 heavy (non-hydrogen) atoms. The predicted molar refractivity (Wildman–Crippen MR) is 55.3 cm³/mol. The van der Waals surface area contributed by atoms with Gasteiger partial charge in [-0.25, -0.2) is 0 Å². The van der Waals surface area contributed by atoms with Gasteiger partial charge in [-0.2, -0.15) is 10.2 Å². The van der Waals surface area contributed by atoms with E-state index in [4.69, 9.17) is 0 Å². The fraction of sp³-hybridized carbons (Fsp3) is 0. The average molecular weight is 184 g/mol. The first-order valence-electron chi connectivity index (χ1n) is 4.32. The molecule has 68 valence electrons. The van der Waals surface area contributed by atoms with Crippen molar-refractivity contribution in [1.29, 1.82) is 0 Å². The van der Waals surface area contributed by atoms with Crippen LogP contribution >= 0.6 is 0 Å². The summed E-state index contributed by atoms with van der Waals surface area (Å²) in [6.45, 7) is 3.91. The molecule has 0 fully saturated rings. The van der Waals surface area contributed by atoms with Crippen LogP contribution in [0.4, 0.5) is 0 Å². The Morgan fingerprint density at radius 3 is 3.07 bits per heavy atom. The van der Waals surface area contributed by atoms with Crippen LogP contribution in [0.3, 0.4) is 0 Å². The smallest absolute Gasteiger partial charge is 0.0934 e. The van der Waals surface area contributed by atoms with Gasteiger partial charge in [-0.05, 0) is 6.07 Å². The second-order valence-corrected chi connectivity index (χ2v) is 3.19. The van der Waals surface area contributed by atoms with Crippen molar-refractivity contribution >= 4 is 28.4 Å². The molecule has 0 saturated heterocycles. The minimum atomic E-state index is 0.798. The highest BCUT2D eigenvalue weighted by Crippen LogP contribution is 2.19. The summed E-state index contributed by atoms with van der Waals surface area (Å²) in [5, 5.41) is 16.9. The maximum absolute atomic E-state index is 4.18. The molecule has 4 nitrogen and oxygen atoms in total. The summed E-state index contributed by atoms with van der Waals surface area (Å²) in [6, 6.07) is 5.93. The van der Waals surface area contributed by atoms with E-state index in [1.165, 1.54) is 0 Å². The molecule has 2 aromatic heterocycles. The van der Waals surface area contributed by atoms with Gasteiger partial charge >= 0.3 is 0 Å². The minimum absolute atomic E-state index is 0.798. The van der Waals surface area contributed by atoms with Gasteiger partial charge in [0.25, 0.3) is 0 Å². The second kappa shape index (κ2) is 2.45. The van der Waals surface area contributed by atoms with E-state index in [-0.39, 0.29) is 0 Å². The number of nitrogens with one attached hydrogen (secondary N) is 2. The summed E-state index contributed by atoms with van der Waals surface area (Å²) in [6.07, 6.45) is 1.72. The van der Waals surface area contributed by atoms with Gasteiger partial charge in [-0.1, -0.05) is 18.7 Å². The van der Waals surface area contributed by atoms with Gasteiger partial charge in [0, 0.05) is 10.8 Å². The highest BCUT2D eigenvalue weighted by Gasteiger charge is 2.03. The van der Waals surface area contributed by atoms with E-state index in [1.807, 2.05) is 18.2 Å². The summed E-state index contributed by atoms with van der Waals surface area (Å²) in [5.74, 6) is 0. The molecule has 0 aliphatic carbocycles. The van der Waals surface area contributed by atoms with Crippen molar-refractivity contribution in [3.05, 3.63) is 29.7 Å². The average Bonchev–Trinajstić information content (AvgIpc) is 2.53. The van der Waals surface area contributed by atoms with Crippen LogP contribution < -0.4 is 5.35 Å². The molecule has 0 aliphatic heterocycles. The number of hydrogen-bond donors (Lipinski definition) is 2. The molecule has 0 aliphatic rings. The Hall–Kier alpha value is -2.10. The molecule has 1 aromatic carbocycles. The third kappa shape index (κ3) is 0.821. The monoisotopic (exact) mass is 184 g/mol. The van der Waals surface area contributed by atoms with Crippen molar-refractivity contribution in [2.75, 3.05) is 0 Å². The van der Waals surface area contributed by atoms with Gasteiger partial charge in [0.1, 0.15) is 0 Å². The van der Waals surface area contributed by atoms with Gasteiger partial charge in [0.05, 0.1) is 22.6 Å². The zero-order valence-electron chi connectivity index (χ0n) is 7.41. The molecular formula is C10H8N4. The fourth-order valence-corrected chi connectivity index (χ4v) is 1.67. The van der Waals surface area contributed by atoms with Crippen LogP contribution in [-0.4, -0.2) is 20.4 Å². The molecule has 0 radical (unpaired) electrons. The lowest BCUT2D eigenvalue weighted by Crippen LogP contribution is -2.02. The van der Waals surface area contributed by atoms with Crippen LogP contribution in [0.15, 0.2) is 24.4 Å². The quantitative estimate of drug-likeness (QED) is 0.550. The third-order valence-corrected chi connectivity index (χ3v) is 2.33. The number of H-pyrrole nitrogens is 2. The molecule has 4 heteroatoms. The Kier molecular flexibility index (Phi) is 1.28. The normalized spacial score (nSPS) is 11.1. The maximum atomic E-state index is 4.18. The Bertz CT molecular complexity index is 662. The van der Waals surface area contributed by atoms with E-state index in [9.17, 15) is 0 Å². The number of aromatic amines is 2. The molecule has 0 atom stereocenters. The lowest BCUT2D eigenvalue weighted by Gasteiger charge is -1.89. The van der Waals surface area contributed by atoms with Crippen molar-refractivity contribution in [2.24, 2.45) is 0 Å². The maximum Gasteiger partial charge on any atom is 0.0934 e. The van der Waals surface area contributed by atoms with E-state index in [0.717, 1.165) is 27.2 Å². The molecule has 0 unspecified atom stereocenters. The van der Waals surface area contributed by atoms with Crippen LogP contribution in [0.2, 0.25) is 0 Å². The SMILES string of the molecule is C=c1[nH]ncc2[nH]nc3cccc1c32. The van der Waals surface area contributed by atoms with Crippen LogP contribution in [0.25, 0.3) is 28.4 Å². The highest BCUT2D eigenvalue weighted by atomic mass is 15.1. The first-order valence-corrected chi connectivity index (χ1v) is 4.32. The molecule has 0 amide bonds. The van der Waals surface area contributed by atoms with Gasteiger partial charge in [-0.15, -0.1) is 0 Å². The second-order valence-electron chi connectivity index (χ2n) is 3.19.